The van der Waals surface area contributed by atoms with Crippen LogP contribution >= 0.6 is 0 Å². The zero-order chi connectivity index (χ0) is 28.2. The molecular weight excluding hydrogens is 498 g/mol. The molecule has 0 spiro atoms. The van der Waals surface area contributed by atoms with Gasteiger partial charge in [-0.1, -0.05) is 5.57 Å². The van der Waals surface area contributed by atoms with Crippen LogP contribution in [0.25, 0.3) is 21.9 Å². The zero-order valence-corrected chi connectivity index (χ0v) is 22.5. The largest absolute Gasteiger partial charge is 0.446 e. The third kappa shape index (κ3) is 7.53. The molecular formula is C29H33N5O5. The maximum atomic E-state index is 12.7. The van der Waals surface area contributed by atoms with Gasteiger partial charge in [0.15, 0.2) is 0 Å². The van der Waals surface area contributed by atoms with Crippen molar-refractivity contribution in [1.82, 2.24) is 9.97 Å². The molecule has 4 rings (SSSR count). The molecule has 1 aliphatic rings. The van der Waals surface area contributed by atoms with Crippen LogP contribution in [0.3, 0.4) is 0 Å². The predicted molar refractivity (Wildman–Crippen MR) is 149 cm³/mol. The summed E-state index contributed by atoms with van der Waals surface area (Å²) < 4.78 is 10.5. The number of carbonyl (C=O) groups excluding carboxylic acids is 3. The van der Waals surface area contributed by atoms with Crippen LogP contribution < -0.4 is 16.4 Å². The van der Waals surface area contributed by atoms with E-state index in [4.69, 9.17) is 15.2 Å². The van der Waals surface area contributed by atoms with Gasteiger partial charge in [0.1, 0.15) is 17.5 Å². The SMILES string of the molecule is Cc1ccncc1-c1cc(NC(=O)OC(C)(C)C)c2cnc(NC(=O)C=C3CCC(OC(N)=O)CC3)cc2c1. The maximum Gasteiger partial charge on any atom is 0.412 e. The number of pyridine rings is 2. The summed E-state index contributed by atoms with van der Waals surface area (Å²) in [5.74, 6) is 0.0795. The number of anilines is 2. The molecule has 3 amide bonds. The standard InChI is InChI=1S/C29H33N5O5/c1-17-9-10-31-15-22(17)19-12-20-14-25(32-16-23(20)24(13-19)33-28(37)39-29(2,3)4)34-26(35)11-18-5-7-21(8-6-18)38-27(30)36/h9-16,21H,5-8H2,1-4H3,(H2,30,36)(H,33,37)(H,32,34,35). The zero-order valence-electron chi connectivity index (χ0n) is 22.5. The molecule has 0 aliphatic heterocycles. The number of carbonyl (C=O) groups is 3. The van der Waals surface area contributed by atoms with Crippen molar-refractivity contribution in [2.24, 2.45) is 5.73 Å². The smallest absolute Gasteiger partial charge is 0.412 e. The number of ether oxygens (including phenoxy) is 2. The highest BCUT2D eigenvalue weighted by atomic mass is 16.6. The number of hydrogen-bond donors (Lipinski definition) is 3. The van der Waals surface area contributed by atoms with Gasteiger partial charge in [-0.25, -0.2) is 14.6 Å². The van der Waals surface area contributed by atoms with E-state index in [0.29, 0.717) is 42.6 Å². The Morgan fingerprint density at radius 2 is 1.82 bits per heavy atom. The van der Waals surface area contributed by atoms with Crippen LogP contribution in [0.5, 0.6) is 0 Å². The Hall–Kier alpha value is -4.47. The van der Waals surface area contributed by atoms with Crippen molar-refractivity contribution in [2.45, 2.75) is 65.1 Å². The van der Waals surface area contributed by atoms with Crippen molar-refractivity contribution in [1.29, 1.82) is 0 Å². The molecule has 3 aromatic rings. The molecule has 2 heterocycles. The molecule has 39 heavy (non-hydrogen) atoms. The predicted octanol–water partition coefficient (Wildman–Crippen LogP) is 5.86. The van der Waals surface area contributed by atoms with Crippen molar-refractivity contribution < 1.29 is 23.9 Å². The number of amides is 3. The van der Waals surface area contributed by atoms with E-state index >= 15 is 0 Å². The van der Waals surface area contributed by atoms with E-state index in [2.05, 4.69) is 20.6 Å². The maximum absolute atomic E-state index is 12.7. The fourth-order valence-corrected chi connectivity index (χ4v) is 4.50. The normalized spacial score (nSPS) is 15.4. The van der Waals surface area contributed by atoms with Crippen LogP contribution in [-0.2, 0) is 14.3 Å². The van der Waals surface area contributed by atoms with Crippen LogP contribution in [0.2, 0.25) is 0 Å². The van der Waals surface area contributed by atoms with Gasteiger partial charge in [0.05, 0.1) is 5.69 Å². The molecule has 10 nitrogen and oxygen atoms in total. The van der Waals surface area contributed by atoms with Gasteiger partial charge in [-0.05, 0) is 94.2 Å². The molecule has 2 aromatic heterocycles. The Labute approximate surface area is 227 Å². The number of fused-ring (bicyclic) bond motifs is 1. The highest BCUT2D eigenvalue weighted by molar-refractivity contribution is 6.05. The van der Waals surface area contributed by atoms with Gasteiger partial charge in [-0.2, -0.15) is 0 Å². The fraction of sp³-hybridized carbons (Fsp3) is 0.345. The quantitative estimate of drug-likeness (QED) is 0.350. The molecule has 204 valence electrons. The average Bonchev–Trinajstić information content (AvgIpc) is 2.83. The Bertz CT molecular complexity index is 1430. The summed E-state index contributed by atoms with van der Waals surface area (Å²) in [7, 11) is 0. The van der Waals surface area contributed by atoms with Gasteiger partial charge in [0, 0.05) is 35.6 Å². The van der Waals surface area contributed by atoms with Crippen LogP contribution in [0.4, 0.5) is 21.1 Å². The van der Waals surface area contributed by atoms with E-state index in [1.807, 2.05) is 25.1 Å². The number of aromatic nitrogens is 2. The summed E-state index contributed by atoms with van der Waals surface area (Å²) in [4.78, 5) is 45.0. The van der Waals surface area contributed by atoms with E-state index in [1.54, 1.807) is 51.5 Å². The molecule has 10 heteroatoms. The number of nitrogens with one attached hydrogen (secondary N) is 2. The lowest BCUT2D eigenvalue weighted by molar-refractivity contribution is -0.112. The average molecular weight is 532 g/mol. The first-order valence-corrected chi connectivity index (χ1v) is 12.8. The monoisotopic (exact) mass is 531 g/mol. The van der Waals surface area contributed by atoms with Gasteiger partial charge in [-0.3, -0.25) is 15.1 Å². The molecule has 0 saturated heterocycles. The van der Waals surface area contributed by atoms with E-state index in [1.165, 1.54) is 0 Å². The van der Waals surface area contributed by atoms with Crippen LogP contribution in [-0.4, -0.2) is 39.8 Å². The summed E-state index contributed by atoms with van der Waals surface area (Å²) in [5, 5.41) is 7.13. The number of nitrogens with zero attached hydrogens (tertiary/aromatic N) is 2. The molecule has 1 saturated carbocycles. The van der Waals surface area contributed by atoms with Crippen LogP contribution in [0.1, 0.15) is 52.0 Å². The lowest BCUT2D eigenvalue weighted by Gasteiger charge is -2.23. The number of primary amides is 1. The van der Waals surface area contributed by atoms with Crippen molar-refractivity contribution in [3.8, 4) is 11.1 Å². The molecule has 4 N–H and O–H groups in total. The summed E-state index contributed by atoms with van der Waals surface area (Å²) in [6.07, 6.45) is 7.63. The van der Waals surface area contributed by atoms with Gasteiger partial charge >= 0.3 is 12.2 Å². The van der Waals surface area contributed by atoms with Crippen LogP contribution in [0.15, 0.2) is 54.5 Å². The molecule has 0 bridgehead atoms. The molecule has 0 atom stereocenters. The Morgan fingerprint density at radius 1 is 1.08 bits per heavy atom. The molecule has 1 fully saturated rings. The van der Waals surface area contributed by atoms with E-state index in [-0.39, 0.29) is 12.0 Å². The third-order valence-corrected chi connectivity index (χ3v) is 6.27. The second-order valence-corrected chi connectivity index (χ2v) is 10.6. The second kappa shape index (κ2) is 11.5. The Morgan fingerprint density at radius 3 is 2.49 bits per heavy atom. The first kappa shape index (κ1) is 27.6. The molecule has 1 aromatic carbocycles. The van der Waals surface area contributed by atoms with Gasteiger partial charge in [0.2, 0.25) is 5.91 Å². The van der Waals surface area contributed by atoms with E-state index < -0.39 is 17.8 Å². The van der Waals surface area contributed by atoms with Gasteiger partial charge < -0.3 is 20.5 Å². The lowest BCUT2D eigenvalue weighted by Crippen LogP contribution is -2.27. The van der Waals surface area contributed by atoms with Gasteiger partial charge in [0.25, 0.3) is 0 Å². The van der Waals surface area contributed by atoms with Gasteiger partial charge in [-0.15, -0.1) is 0 Å². The Balaban J connectivity index is 1.59. The molecule has 1 aliphatic carbocycles. The van der Waals surface area contributed by atoms with E-state index in [0.717, 1.165) is 27.6 Å². The third-order valence-electron chi connectivity index (χ3n) is 6.27. The summed E-state index contributed by atoms with van der Waals surface area (Å²) in [6, 6.07) is 7.51. The fourth-order valence-electron chi connectivity index (χ4n) is 4.50. The molecule has 0 radical (unpaired) electrons. The highest BCUT2D eigenvalue weighted by Crippen LogP contribution is 2.33. The first-order chi connectivity index (χ1) is 18.5. The summed E-state index contributed by atoms with van der Waals surface area (Å²) in [5.41, 5.74) is 8.72. The van der Waals surface area contributed by atoms with E-state index in [9.17, 15) is 14.4 Å². The number of benzene rings is 1. The van der Waals surface area contributed by atoms with Crippen molar-refractivity contribution >= 4 is 40.4 Å². The van der Waals surface area contributed by atoms with Crippen LogP contribution in [0, 0.1) is 6.92 Å². The Kier molecular flexibility index (Phi) is 8.13. The number of aryl methyl sites for hydroxylation is 1. The minimum absolute atomic E-state index is 0.217. The number of allylic oxidation sites excluding steroid dienone is 1. The van der Waals surface area contributed by atoms with Crippen molar-refractivity contribution in [3.05, 3.63) is 60.1 Å². The minimum atomic E-state index is -0.779. The highest BCUT2D eigenvalue weighted by Gasteiger charge is 2.21. The number of hydrogen-bond acceptors (Lipinski definition) is 7. The molecule has 0 unspecified atom stereocenters. The minimum Gasteiger partial charge on any atom is -0.446 e. The summed E-state index contributed by atoms with van der Waals surface area (Å²) >= 11 is 0. The topological polar surface area (TPSA) is 146 Å². The first-order valence-electron chi connectivity index (χ1n) is 12.8. The number of rotatable bonds is 5. The van der Waals surface area contributed by atoms with Crippen molar-refractivity contribution in [2.75, 3.05) is 10.6 Å². The number of nitrogens with two attached hydrogens (primary N) is 1. The second-order valence-electron chi connectivity index (χ2n) is 10.6. The summed E-state index contributed by atoms with van der Waals surface area (Å²) in [6.45, 7) is 7.38. The lowest BCUT2D eigenvalue weighted by atomic mass is 9.92. The van der Waals surface area contributed by atoms with Crippen molar-refractivity contribution in [3.63, 3.8) is 0 Å².